The van der Waals surface area contributed by atoms with E-state index in [1.807, 2.05) is 0 Å². The van der Waals surface area contributed by atoms with Crippen LogP contribution in [0.25, 0.3) is 0 Å². The summed E-state index contributed by atoms with van der Waals surface area (Å²) < 4.78 is 35.0. The normalized spacial score (nSPS) is 13.5. The van der Waals surface area contributed by atoms with E-state index in [1.54, 1.807) is 5.32 Å². The molecular weight excluding hydrogens is 267 g/mol. The largest absolute Gasteiger partial charge is 0.471 e. The van der Waals surface area contributed by atoms with Gasteiger partial charge >= 0.3 is 12.1 Å². The summed E-state index contributed by atoms with van der Waals surface area (Å²) in [5.41, 5.74) is 0. The van der Waals surface area contributed by atoms with Crippen molar-refractivity contribution < 1.29 is 22.8 Å². The first-order valence-corrected chi connectivity index (χ1v) is 4.85. The zero-order valence-electron chi connectivity index (χ0n) is 7.32. The van der Waals surface area contributed by atoms with Gasteiger partial charge in [-0.15, -0.1) is 0 Å². The van der Waals surface area contributed by atoms with Crippen molar-refractivity contribution >= 4 is 27.6 Å². The van der Waals surface area contributed by atoms with Gasteiger partial charge in [-0.1, -0.05) is 22.9 Å². The van der Waals surface area contributed by atoms with Gasteiger partial charge in [0.1, 0.15) is 5.78 Å². The molecule has 0 aliphatic heterocycles. The fourth-order valence-electron chi connectivity index (χ4n) is 0.592. The summed E-state index contributed by atoms with van der Waals surface area (Å²) in [6.07, 6.45) is -4.89. The maximum absolute atomic E-state index is 11.7. The number of hydrogen-bond acceptors (Lipinski definition) is 2. The van der Waals surface area contributed by atoms with E-state index in [2.05, 4.69) is 15.9 Å². The molecule has 1 N–H and O–H groups in total. The highest BCUT2D eigenvalue weighted by Gasteiger charge is 2.38. The number of Topliss-reactive ketones (excluding diaryl/α,β-unsaturated/α-hetero) is 1. The number of rotatable bonds is 4. The maximum atomic E-state index is 11.7. The van der Waals surface area contributed by atoms with Crippen molar-refractivity contribution in [3.05, 3.63) is 0 Å². The second-order valence-corrected chi connectivity index (χ2v) is 3.27. The number of amides is 1. The highest BCUT2D eigenvalue weighted by atomic mass is 79.9. The second-order valence-electron chi connectivity index (χ2n) is 2.71. The van der Waals surface area contributed by atoms with E-state index in [9.17, 15) is 22.8 Å². The van der Waals surface area contributed by atoms with Crippen LogP contribution in [0.5, 0.6) is 0 Å². The Labute approximate surface area is 87.2 Å². The van der Waals surface area contributed by atoms with Crippen LogP contribution in [-0.4, -0.2) is 29.7 Å². The maximum Gasteiger partial charge on any atom is 0.471 e. The van der Waals surface area contributed by atoms with Gasteiger partial charge in [-0.25, -0.2) is 0 Å². The third kappa shape index (κ3) is 4.59. The molecule has 1 atom stereocenters. The van der Waals surface area contributed by atoms with Crippen LogP contribution in [0.15, 0.2) is 0 Å². The van der Waals surface area contributed by atoms with Crippen LogP contribution in [0.2, 0.25) is 0 Å². The number of alkyl halides is 4. The van der Waals surface area contributed by atoms with E-state index in [0.717, 1.165) is 0 Å². The lowest BCUT2D eigenvalue weighted by Crippen LogP contribution is -2.40. The summed E-state index contributed by atoms with van der Waals surface area (Å²) in [4.78, 5) is 21.2. The Hall–Kier alpha value is -0.590. The fraction of sp³-hybridized carbons (Fsp3) is 0.714. The van der Waals surface area contributed by atoms with E-state index >= 15 is 0 Å². The zero-order valence-corrected chi connectivity index (χ0v) is 8.91. The summed E-state index contributed by atoms with van der Waals surface area (Å²) in [5.74, 6) is -2.90. The number of halogens is 4. The van der Waals surface area contributed by atoms with Gasteiger partial charge in [0.05, 0.1) is 5.33 Å². The minimum atomic E-state index is -4.89. The molecule has 1 unspecified atom stereocenters. The lowest BCUT2D eigenvalue weighted by molar-refractivity contribution is -0.173. The van der Waals surface area contributed by atoms with Crippen molar-refractivity contribution in [2.24, 2.45) is 5.92 Å². The van der Waals surface area contributed by atoms with Crippen LogP contribution >= 0.6 is 15.9 Å². The second kappa shape index (κ2) is 5.33. The molecule has 0 radical (unpaired) electrons. The summed E-state index contributed by atoms with van der Waals surface area (Å²) in [6, 6.07) is 0. The molecule has 0 heterocycles. The highest BCUT2D eigenvalue weighted by molar-refractivity contribution is 9.09. The monoisotopic (exact) mass is 275 g/mol. The number of carbonyl (C=O) groups is 2. The first kappa shape index (κ1) is 13.4. The predicted octanol–water partition coefficient (Wildman–Crippen LogP) is 1.27. The lowest BCUT2D eigenvalue weighted by atomic mass is 10.1. The fourth-order valence-corrected chi connectivity index (χ4v) is 1.14. The number of ketones is 1. The lowest BCUT2D eigenvalue weighted by Gasteiger charge is -2.11. The molecule has 0 bridgehead atoms. The van der Waals surface area contributed by atoms with Crippen LogP contribution in [-0.2, 0) is 9.59 Å². The molecule has 0 aromatic carbocycles. The summed E-state index contributed by atoms with van der Waals surface area (Å²) in [5, 5.41) is 1.70. The molecule has 0 saturated carbocycles. The molecule has 14 heavy (non-hydrogen) atoms. The molecule has 0 rings (SSSR count). The summed E-state index contributed by atoms with van der Waals surface area (Å²) in [6.45, 7) is 1.14. The molecule has 3 nitrogen and oxygen atoms in total. The van der Waals surface area contributed by atoms with Crippen molar-refractivity contribution in [3.63, 3.8) is 0 Å². The molecule has 1 amide bonds. The van der Waals surface area contributed by atoms with Crippen molar-refractivity contribution in [2.45, 2.75) is 13.1 Å². The number of carbonyl (C=O) groups excluding carboxylic acids is 2. The Balaban J connectivity index is 3.96. The SMILES string of the molecule is CC(CNC(=O)C(F)(F)F)C(=O)CBr. The van der Waals surface area contributed by atoms with Crippen LogP contribution in [0.3, 0.4) is 0 Å². The minimum Gasteiger partial charge on any atom is -0.348 e. The zero-order chi connectivity index (χ0) is 11.4. The Bertz CT molecular complexity index is 229. The third-order valence-corrected chi connectivity index (χ3v) is 2.06. The molecule has 0 aromatic rings. The molecule has 0 aliphatic carbocycles. The quantitative estimate of drug-likeness (QED) is 0.786. The van der Waals surface area contributed by atoms with E-state index in [1.165, 1.54) is 6.92 Å². The topological polar surface area (TPSA) is 46.2 Å². The average molecular weight is 276 g/mol. The molecule has 0 aliphatic rings. The first-order valence-electron chi connectivity index (χ1n) is 3.72. The van der Waals surface area contributed by atoms with Crippen LogP contribution < -0.4 is 5.32 Å². The van der Waals surface area contributed by atoms with Crippen LogP contribution in [0.4, 0.5) is 13.2 Å². The Kier molecular flexibility index (Phi) is 5.11. The van der Waals surface area contributed by atoms with Crippen molar-refractivity contribution in [3.8, 4) is 0 Å². The number of nitrogens with one attached hydrogen (secondary N) is 1. The molecule has 0 saturated heterocycles. The minimum absolute atomic E-state index is 0.0655. The third-order valence-electron chi connectivity index (χ3n) is 1.51. The average Bonchev–Trinajstić information content (AvgIpc) is 2.10. The molecule has 82 valence electrons. The van der Waals surface area contributed by atoms with Gasteiger partial charge in [-0.3, -0.25) is 9.59 Å². The van der Waals surface area contributed by atoms with Crippen molar-refractivity contribution in [2.75, 3.05) is 11.9 Å². The number of hydrogen-bond donors (Lipinski definition) is 1. The van der Waals surface area contributed by atoms with Crippen molar-refractivity contribution in [1.29, 1.82) is 0 Å². The van der Waals surface area contributed by atoms with Crippen molar-refractivity contribution in [1.82, 2.24) is 5.32 Å². The van der Waals surface area contributed by atoms with Gasteiger partial charge in [0, 0.05) is 12.5 Å². The van der Waals surface area contributed by atoms with Crippen LogP contribution in [0, 0.1) is 5.92 Å². The van der Waals surface area contributed by atoms with Gasteiger partial charge in [0.2, 0.25) is 0 Å². The molecule has 7 heteroatoms. The highest BCUT2D eigenvalue weighted by Crippen LogP contribution is 2.14. The predicted molar refractivity (Wildman–Crippen MR) is 47.0 cm³/mol. The smallest absolute Gasteiger partial charge is 0.348 e. The molecule has 0 aromatic heterocycles. The Morgan fingerprint density at radius 2 is 1.93 bits per heavy atom. The van der Waals surface area contributed by atoms with Gasteiger partial charge < -0.3 is 5.32 Å². The van der Waals surface area contributed by atoms with Gasteiger partial charge in [0.15, 0.2) is 0 Å². The Morgan fingerprint density at radius 3 is 2.29 bits per heavy atom. The van der Waals surface area contributed by atoms with Crippen LogP contribution in [0.1, 0.15) is 6.92 Å². The van der Waals surface area contributed by atoms with E-state index in [-0.39, 0.29) is 17.7 Å². The summed E-state index contributed by atoms with van der Waals surface area (Å²) in [7, 11) is 0. The molecule has 0 fully saturated rings. The first-order chi connectivity index (χ1) is 6.29. The van der Waals surface area contributed by atoms with Gasteiger partial charge in [-0.2, -0.15) is 13.2 Å². The van der Waals surface area contributed by atoms with E-state index < -0.39 is 18.0 Å². The van der Waals surface area contributed by atoms with Gasteiger partial charge in [0.25, 0.3) is 0 Å². The molecule has 0 spiro atoms. The molecular formula is C7H9BrF3NO2. The Morgan fingerprint density at radius 1 is 1.43 bits per heavy atom. The van der Waals surface area contributed by atoms with E-state index in [4.69, 9.17) is 0 Å². The summed E-state index contributed by atoms with van der Waals surface area (Å²) >= 11 is 2.88. The van der Waals surface area contributed by atoms with Gasteiger partial charge in [-0.05, 0) is 0 Å². The van der Waals surface area contributed by atoms with E-state index in [0.29, 0.717) is 0 Å². The standard InChI is InChI=1S/C7H9BrF3NO2/c1-4(5(13)2-8)3-12-6(14)7(9,10)11/h4H,2-3H2,1H3,(H,12,14).